The van der Waals surface area contributed by atoms with Crippen LogP contribution in [0.3, 0.4) is 0 Å². The zero-order valence-electron chi connectivity index (χ0n) is 18.5. The van der Waals surface area contributed by atoms with E-state index in [1.165, 1.54) is 40.1 Å². The molecule has 0 saturated heterocycles. The standard InChI is InChI=1S/C21H25N3O7/c1-10-14(20(26)31-7)15(11-8-12(28-4)17(30-6)13(9-11)29-5)16-18(22-10)23(2)21(27)24(3)19(16)25/h8-9,15,22H,1-7H3/t15-/m0/s1. The molecule has 1 aromatic heterocycles. The van der Waals surface area contributed by atoms with E-state index in [2.05, 4.69) is 5.32 Å². The van der Waals surface area contributed by atoms with E-state index in [4.69, 9.17) is 18.9 Å². The molecule has 1 aliphatic heterocycles. The lowest BCUT2D eigenvalue weighted by molar-refractivity contribution is -0.136. The van der Waals surface area contributed by atoms with Crippen molar-refractivity contribution in [3.05, 3.63) is 55.4 Å². The van der Waals surface area contributed by atoms with Crippen LogP contribution in [0.2, 0.25) is 0 Å². The van der Waals surface area contributed by atoms with Crippen molar-refractivity contribution in [1.82, 2.24) is 9.13 Å². The number of nitrogens with zero attached hydrogens (tertiary/aromatic N) is 2. The van der Waals surface area contributed by atoms with Crippen LogP contribution in [0.25, 0.3) is 0 Å². The molecule has 2 aromatic rings. The third-order valence-corrected chi connectivity index (χ3v) is 5.41. The van der Waals surface area contributed by atoms with Gasteiger partial charge in [0.15, 0.2) is 11.5 Å². The molecule has 1 N–H and O–H groups in total. The molecular weight excluding hydrogens is 406 g/mol. The van der Waals surface area contributed by atoms with Crippen LogP contribution < -0.4 is 30.8 Å². The molecule has 0 spiro atoms. The van der Waals surface area contributed by atoms with Crippen molar-refractivity contribution in [1.29, 1.82) is 0 Å². The second-order valence-electron chi connectivity index (χ2n) is 7.01. The molecule has 0 bridgehead atoms. The molecular formula is C21H25N3O7. The Bertz CT molecular complexity index is 1180. The van der Waals surface area contributed by atoms with Crippen molar-refractivity contribution in [2.75, 3.05) is 33.8 Å². The van der Waals surface area contributed by atoms with Crippen LogP contribution in [-0.4, -0.2) is 43.5 Å². The Hall–Kier alpha value is -3.69. The molecule has 10 nitrogen and oxygen atoms in total. The van der Waals surface area contributed by atoms with Crippen molar-refractivity contribution in [2.45, 2.75) is 12.8 Å². The number of hydrogen-bond acceptors (Lipinski definition) is 8. The van der Waals surface area contributed by atoms with Crippen LogP contribution in [0.5, 0.6) is 17.2 Å². The highest BCUT2D eigenvalue weighted by molar-refractivity contribution is 5.94. The van der Waals surface area contributed by atoms with E-state index >= 15 is 0 Å². The number of aromatic nitrogens is 2. The Morgan fingerprint density at radius 2 is 1.55 bits per heavy atom. The average Bonchev–Trinajstić information content (AvgIpc) is 2.78. The van der Waals surface area contributed by atoms with Gasteiger partial charge in [0.05, 0.1) is 45.5 Å². The fourth-order valence-corrected chi connectivity index (χ4v) is 3.87. The van der Waals surface area contributed by atoms with E-state index in [1.54, 1.807) is 26.1 Å². The van der Waals surface area contributed by atoms with Gasteiger partial charge in [-0.3, -0.25) is 13.9 Å². The molecule has 0 fully saturated rings. The Labute approximate surface area is 178 Å². The number of benzene rings is 1. The van der Waals surface area contributed by atoms with Gasteiger partial charge in [-0.05, 0) is 24.6 Å². The number of esters is 1. The van der Waals surface area contributed by atoms with Gasteiger partial charge in [-0.1, -0.05) is 0 Å². The van der Waals surface area contributed by atoms with Crippen LogP contribution in [-0.2, 0) is 23.6 Å². The predicted molar refractivity (Wildman–Crippen MR) is 113 cm³/mol. The number of carbonyl (C=O) groups is 1. The molecule has 3 rings (SSSR count). The highest BCUT2D eigenvalue weighted by Crippen LogP contribution is 2.45. The summed E-state index contributed by atoms with van der Waals surface area (Å²) >= 11 is 0. The fourth-order valence-electron chi connectivity index (χ4n) is 3.87. The van der Waals surface area contributed by atoms with E-state index < -0.39 is 23.1 Å². The Kier molecular flexibility index (Phi) is 5.83. The van der Waals surface area contributed by atoms with Crippen molar-refractivity contribution >= 4 is 11.8 Å². The van der Waals surface area contributed by atoms with Gasteiger partial charge in [-0.15, -0.1) is 0 Å². The number of anilines is 1. The van der Waals surface area contributed by atoms with Gasteiger partial charge in [0.25, 0.3) is 5.56 Å². The first-order valence-corrected chi connectivity index (χ1v) is 9.37. The van der Waals surface area contributed by atoms with E-state index in [-0.39, 0.29) is 11.1 Å². The van der Waals surface area contributed by atoms with Crippen LogP contribution in [0.15, 0.2) is 33.0 Å². The largest absolute Gasteiger partial charge is 0.493 e. The second-order valence-corrected chi connectivity index (χ2v) is 7.01. The molecule has 1 aromatic carbocycles. The number of carbonyl (C=O) groups excluding carboxylic acids is 1. The summed E-state index contributed by atoms with van der Waals surface area (Å²) in [6.45, 7) is 1.68. The fraction of sp³-hybridized carbons (Fsp3) is 0.381. The number of allylic oxidation sites excluding steroid dienone is 1. The molecule has 0 radical (unpaired) electrons. The summed E-state index contributed by atoms with van der Waals surface area (Å²) in [6.07, 6.45) is 0. The van der Waals surface area contributed by atoms with E-state index in [1.807, 2.05) is 0 Å². The number of fused-ring (bicyclic) bond motifs is 1. The number of methoxy groups -OCH3 is 4. The number of rotatable bonds is 5. The number of nitrogens with one attached hydrogen (secondary N) is 1. The minimum absolute atomic E-state index is 0.227. The highest BCUT2D eigenvalue weighted by Gasteiger charge is 2.38. The van der Waals surface area contributed by atoms with Gasteiger partial charge in [0, 0.05) is 19.8 Å². The predicted octanol–water partition coefficient (Wildman–Crippen LogP) is 1.11. The summed E-state index contributed by atoms with van der Waals surface area (Å²) in [5.41, 5.74) is 0.437. The lowest BCUT2D eigenvalue weighted by Gasteiger charge is -2.31. The van der Waals surface area contributed by atoms with E-state index in [9.17, 15) is 14.4 Å². The molecule has 166 valence electrons. The molecule has 0 amide bonds. The molecule has 31 heavy (non-hydrogen) atoms. The summed E-state index contributed by atoms with van der Waals surface area (Å²) in [5.74, 6) is -0.0531. The number of hydrogen-bond donors (Lipinski definition) is 1. The zero-order valence-corrected chi connectivity index (χ0v) is 18.5. The average molecular weight is 431 g/mol. The van der Waals surface area contributed by atoms with Gasteiger partial charge >= 0.3 is 11.7 Å². The third kappa shape index (κ3) is 3.33. The van der Waals surface area contributed by atoms with Gasteiger partial charge in [-0.25, -0.2) is 9.59 Å². The van der Waals surface area contributed by atoms with Gasteiger partial charge in [0.2, 0.25) is 5.75 Å². The third-order valence-electron chi connectivity index (χ3n) is 5.41. The zero-order chi connectivity index (χ0) is 23.0. The molecule has 10 heteroatoms. The van der Waals surface area contributed by atoms with Crippen molar-refractivity contribution < 1.29 is 23.7 Å². The second kappa shape index (κ2) is 8.21. The Balaban J connectivity index is 2.46. The van der Waals surface area contributed by atoms with E-state index in [0.717, 1.165) is 4.57 Å². The SMILES string of the molecule is COC(=O)C1=C(C)Nc2c(c(=O)n(C)c(=O)n2C)[C@H]1c1cc(OC)c(OC)c(OC)c1. The summed E-state index contributed by atoms with van der Waals surface area (Å²) in [5, 5.41) is 3.02. The van der Waals surface area contributed by atoms with Crippen molar-refractivity contribution in [3.8, 4) is 17.2 Å². The van der Waals surface area contributed by atoms with Crippen LogP contribution >= 0.6 is 0 Å². The maximum absolute atomic E-state index is 13.2. The maximum atomic E-state index is 13.2. The highest BCUT2D eigenvalue weighted by atomic mass is 16.5. The topological polar surface area (TPSA) is 110 Å². The first-order valence-electron chi connectivity index (χ1n) is 9.37. The minimum Gasteiger partial charge on any atom is -0.493 e. The lowest BCUT2D eigenvalue weighted by Crippen LogP contribution is -2.43. The smallest absolute Gasteiger partial charge is 0.336 e. The molecule has 0 aliphatic carbocycles. The van der Waals surface area contributed by atoms with Crippen LogP contribution in [0.4, 0.5) is 5.82 Å². The summed E-state index contributed by atoms with van der Waals surface area (Å²) < 4.78 is 23.6. The van der Waals surface area contributed by atoms with Crippen molar-refractivity contribution in [3.63, 3.8) is 0 Å². The van der Waals surface area contributed by atoms with Gasteiger partial charge in [0.1, 0.15) is 5.82 Å². The van der Waals surface area contributed by atoms with Crippen molar-refractivity contribution in [2.24, 2.45) is 14.1 Å². The van der Waals surface area contributed by atoms with Gasteiger partial charge in [-0.2, -0.15) is 0 Å². The van der Waals surface area contributed by atoms with Crippen LogP contribution in [0, 0.1) is 0 Å². The first kappa shape index (κ1) is 22.0. The van der Waals surface area contributed by atoms with Gasteiger partial charge < -0.3 is 24.3 Å². The summed E-state index contributed by atoms with van der Waals surface area (Å²) in [7, 11) is 8.64. The maximum Gasteiger partial charge on any atom is 0.336 e. The Morgan fingerprint density at radius 3 is 2.03 bits per heavy atom. The quantitative estimate of drug-likeness (QED) is 0.702. The molecule has 1 atom stereocenters. The molecule has 0 unspecified atom stereocenters. The summed E-state index contributed by atoms with van der Waals surface area (Å²) in [6, 6.07) is 3.34. The molecule has 0 saturated carbocycles. The monoisotopic (exact) mass is 431 g/mol. The summed E-state index contributed by atoms with van der Waals surface area (Å²) in [4.78, 5) is 38.5. The normalized spacial score (nSPS) is 15.1. The minimum atomic E-state index is -0.845. The Morgan fingerprint density at radius 1 is 0.968 bits per heavy atom. The molecule has 1 aliphatic rings. The number of ether oxygens (including phenoxy) is 4. The molecule has 2 heterocycles. The van der Waals surface area contributed by atoms with E-state index in [0.29, 0.717) is 34.3 Å². The van der Waals surface area contributed by atoms with Crippen LogP contribution in [0.1, 0.15) is 24.0 Å². The first-order chi connectivity index (χ1) is 14.7. The lowest BCUT2D eigenvalue weighted by atomic mass is 9.82.